The molecule has 0 saturated carbocycles. The lowest BCUT2D eigenvalue weighted by atomic mass is 10.1. The number of amides is 2. The fourth-order valence-electron chi connectivity index (χ4n) is 3.77. The van der Waals surface area contributed by atoms with E-state index in [1.807, 2.05) is 20.8 Å². The fourth-order valence-corrected chi connectivity index (χ4v) is 6.08. The largest absolute Gasteiger partial charge is 0.350 e. The highest BCUT2D eigenvalue weighted by atomic mass is 127. The smallest absolute Gasteiger partial charge is 0.264 e. The predicted octanol–water partition coefficient (Wildman–Crippen LogP) is 6.13. The molecule has 3 aromatic carbocycles. The third-order valence-corrected chi connectivity index (χ3v) is 9.00. The molecule has 0 radical (unpaired) electrons. The Bertz CT molecular complexity index is 1410. The van der Waals surface area contributed by atoms with Gasteiger partial charge in [0.25, 0.3) is 10.0 Å². The molecule has 1 N–H and O–H groups in total. The second-order valence-electron chi connectivity index (χ2n) is 9.94. The highest BCUT2D eigenvalue weighted by Crippen LogP contribution is 2.28. The lowest BCUT2D eigenvalue weighted by Gasteiger charge is -2.33. The van der Waals surface area contributed by atoms with E-state index >= 15 is 0 Å². The molecule has 0 heterocycles. The Morgan fingerprint density at radius 3 is 2.03 bits per heavy atom. The summed E-state index contributed by atoms with van der Waals surface area (Å²) in [6.07, 6.45) is 0. The van der Waals surface area contributed by atoms with Crippen LogP contribution in [0.1, 0.15) is 33.3 Å². The van der Waals surface area contributed by atoms with E-state index < -0.39 is 40.0 Å². The van der Waals surface area contributed by atoms with Gasteiger partial charge in [-0.1, -0.05) is 47.5 Å². The normalized spacial score (nSPS) is 12.5. The van der Waals surface area contributed by atoms with E-state index in [-0.39, 0.29) is 11.4 Å². The molecule has 39 heavy (non-hydrogen) atoms. The second kappa shape index (κ2) is 12.9. The van der Waals surface area contributed by atoms with Crippen molar-refractivity contribution in [1.82, 2.24) is 10.2 Å². The standard InChI is InChI=1S/C28H30Cl2IN3O4S/c1-19(27(36)32-28(2,3)4)33(17-23-24(29)11-8-12-25(23)30)26(35)18-34(21-15-13-20(31)14-16-21)39(37,38)22-9-6-5-7-10-22/h5-16,19H,17-18H2,1-4H3,(H,32,36). The van der Waals surface area contributed by atoms with Crippen LogP contribution in [0.5, 0.6) is 0 Å². The van der Waals surface area contributed by atoms with Crippen LogP contribution in [0.2, 0.25) is 10.0 Å². The van der Waals surface area contributed by atoms with Crippen LogP contribution in [0, 0.1) is 3.57 Å². The van der Waals surface area contributed by atoms with E-state index in [0.717, 1.165) is 7.88 Å². The minimum absolute atomic E-state index is 0.0376. The molecule has 208 valence electrons. The molecule has 0 spiro atoms. The minimum atomic E-state index is -4.13. The summed E-state index contributed by atoms with van der Waals surface area (Å²) in [5.41, 5.74) is 0.220. The molecular formula is C28H30Cl2IN3O4S. The van der Waals surface area contributed by atoms with Gasteiger partial charge in [-0.15, -0.1) is 0 Å². The summed E-state index contributed by atoms with van der Waals surface area (Å²) in [5, 5.41) is 3.54. The van der Waals surface area contributed by atoms with E-state index in [0.29, 0.717) is 21.3 Å². The first-order valence-corrected chi connectivity index (χ1v) is 15.4. The molecule has 2 amide bonds. The van der Waals surface area contributed by atoms with Gasteiger partial charge in [-0.05, 0) is 98.8 Å². The van der Waals surface area contributed by atoms with Crippen molar-refractivity contribution < 1.29 is 18.0 Å². The van der Waals surface area contributed by atoms with Crippen molar-refractivity contribution in [3.05, 3.63) is 92.0 Å². The maximum absolute atomic E-state index is 14.0. The number of hydrogen-bond acceptors (Lipinski definition) is 4. The number of nitrogens with zero attached hydrogens (tertiary/aromatic N) is 2. The van der Waals surface area contributed by atoms with Gasteiger partial charge in [0, 0.05) is 31.3 Å². The van der Waals surface area contributed by atoms with E-state index in [9.17, 15) is 18.0 Å². The zero-order valence-electron chi connectivity index (χ0n) is 22.0. The highest BCUT2D eigenvalue weighted by Gasteiger charge is 2.33. The maximum atomic E-state index is 14.0. The zero-order chi connectivity index (χ0) is 29.0. The Hall–Kier alpha value is -2.34. The molecule has 3 aromatic rings. The average Bonchev–Trinajstić information content (AvgIpc) is 2.86. The number of anilines is 1. The van der Waals surface area contributed by atoms with Crippen LogP contribution in [-0.2, 0) is 26.2 Å². The van der Waals surface area contributed by atoms with Gasteiger partial charge in [-0.3, -0.25) is 13.9 Å². The van der Waals surface area contributed by atoms with Gasteiger partial charge < -0.3 is 10.2 Å². The summed E-state index contributed by atoms with van der Waals surface area (Å²) in [6.45, 7) is 6.44. The topological polar surface area (TPSA) is 86.8 Å². The fraction of sp³-hybridized carbons (Fsp3) is 0.286. The van der Waals surface area contributed by atoms with Crippen LogP contribution in [0.15, 0.2) is 77.7 Å². The highest BCUT2D eigenvalue weighted by molar-refractivity contribution is 14.1. The Morgan fingerprint density at radius 2 is 1.49 bits per heavy atom. The third-order valence-electron chi connectivity index (χ3n) is 5.78. The number of rotatable bonds is 9. The quantitative estimate of drug-likeness (QED) is 0.272. The summed E-state index contributed by atoms with van der Waals surface area (Å²) >= 11 is 14.9. The second-order valence-corrected chi connectivity index (χ2v) is 13.9. The van der Waals surface area contributed by atoms with Gasteiger partial charge in [-0.2, -0.15) is 0 Å². The number of halogens is 3. The molecule has 3 rings (SSSR count). The van der Waals surface area contributed by atoms with Crippen LogP contribution in [0.25, 0.3) is 0 Å². The van der Waals surface area contributed by atoms with Crippen molar-refractivity contribution in [3.63, 3.8) is 0 Å². The first kappa shape index (κ1) is 31.2. The lowest BCUT2D eigenvalue weighted by molar-refractivity contribution is -0.140. The molecule has 0 aromatic heterocycles. The molecule has 1 unspecified atom stereocenters. The molecule has 7 nitrogen and oxygen atoms in total. The van der Waals surface area contributed by atoms with Crippen molar-refractivity contribution in [2.45, 2.75) is 50.7 Å². The molecule has 0 aliphatic rings. The van der Waals surface area contributed by atoms with E-state index in [1.165, 1.54) is 17.0 Å². The minimum Gasteiger partial charge on any atom is -0.350 e. The summed E-state index contributed by atoms with van der Waals surface area (Å²) in [4.78, 5) is 28.5. The lowest BCUT2D eigenvalue weighted by Crippen LogP contribution is -2.54. The number of carbonyl (C=O) groups is 2. The Balaban J connectivity index is 2.06. The van der Waals surface area contributed by atoms with E-state index in [1.54, 1.807) is 67.6 Å². The van der Waals surface area contributed by atoms with Crippen LogP contribution in [-0.4, -0.2) is 43.3 Å². The van der Waals surface area contributed by atoms with Crippen LogP contribution in [0.4, 0.5) is 5.69 Å². The average molecular weight is 702 g/mol. The van der Waals surface area contributed by atoms with Crippen molar-refractivity contribution in [1.29, 1.82) is 0 Å². The molecular weight excluding hydrogens is 672 g/mol. The van der Waals surface area contributed by atoms with E-state index in [4.69, 9.17) is 23.2 Å². The van der Waals surface area contributed by atoms with Crippen LogP contribution >= 0.6 is 45.8 Å². The number of hydrogen-bond donors (Lipinski definition) is 1. The van der Waals surface area contributed by atoms with Gasteiger partial charge in [0.2, 0.25) is 11.8 Å². The molecule has 11 heteroatoms. The van der Waals surface area contributed by atoms with Gasteiger partial charge >= 0.3 is 0 Å². The zero-order valence-corrected chi connectivity index (χ0v) is 26.5. The van der Waals surface area contributed by atoms with E-state index in [2.05, 4.69) is 27.9 Å². The first-order valence-electron chi connectivity index (χ1n) is 12.1. The van der Waals surface area contributed by atoms with Crippen molar-refractivity contribution in [2.24, 2.45) is 0 Å². The number of carbonyl (C=O) groups excluding carboxylic acids is 2. The van der Waals surface area contributed by atoms with Gasteiger partial charge in [0.1, 0.15) is 12.6 Å². The third kappa shape index (κ3) is 8.09. The monoisotopic (exact) mass is 701 g/mol. The van der Waals surface area contributed by atoms with Crippen molar-refractivity contribution in [3.8, 4) is 0 Å². The summed E-state index contributed by atoms with van der Waals surface area (Å²) in [7, 11) is -4.13. The van der Waals surface area contributed by atoms with Crippen molar-refractivity contribution in [2.75, 3.05) is 10.8 Å². The predicted molar refractivity (Wildman–Crippen MR) is 165 cm³/mol. The van der Waals surface area contributed by atoms with Crippen molar-refractivity contribution >= 4 is 73.3 Å². The molecule has 1 atom stereocenters. The summed E-state index contributed by atoms with van der Waals surface area (Å²) < 4.78 is 29.5. The Morgan fingerprint density at radius 1 is 0.923 bits per heavy atom. The number of sulfonamides is 1. The number of benzene rings is 3. The molecule has 0 bridgehead atoms. The number of nitrogens with one attached hydrogen (secondary N) is 1. The summed E-state index contributed by atoms with van der Waals surface area (Å²) in [6, 6.07) is 18.7. The Labute approximate surface area is 253 Å². The van der Waals surface area contributed by atoms with Gasteiger partial charge in [0.15, 0.2) is 0 Å². The molecule has 0 saturated heterocycles. The molecule has 0 aliphatic carbocycles. The summed E-state index contributed by atoms with van der Waals surface area (Å²) in [5.74, 6) is -0.994. The molecule has 0 aliphatic heterocycles. The van der Waals surface area contributed by atoms with Crippen LogP contribution < -0.4 is 9.62 Å². The van der Waals surface area contributed by atoms with Gasteiger partial charge in [0.05, 0.1) is 10.6 Å². The SMILES string of the molecule is CC(C(=O)NC(C)(C)C)N(Cc1c(Cl)cccc1Cl)C(=O)CN(c1ccc(I)cc1)S(=O)(=O)c1ccccc1. The Kier molecular flexibility index (Phi) is 10.3. The first-order chi connectivity index (χ1) is 18.2. The molecule has 0 fully saturated rings. The maximum Gasteiger partial charge on any atom is 0.264 e. The van der Waals surface area contributed by atoms with Gasteiger partial charge in [-0.25, -0.2) is 8.42 Å². The van der Waals surface area contributed by atoms with Crippen LogP contribution in [0.3, 0.4) is 0 Å².